The van der Waals surface area contributed by atoms with Crippen molar-refractivity contribution in [3.8, 4) is 0 Å². The van der Waals surface area contributed by atoms with Gasteiger partial charge in [-0.1, -0.05) is 33.8 Å². The maximum absolute atomic E-state index is 13.1. The summed E-state index contributed by atoms with van der Waals surface area (Å²) in [5.41, 5.74) is 1.37. The molecule has 2 rings (SSSR count). The molecule has 0 aliphatic carbocycles. The molecule has 1 heterocycles. The Morgan fingerprint density at radius 2 is 1.91 bits per heavy atom. The Balaban J connectivity index is 0.00000102. The lowest BCUT2D eigenvalue weighted by Crippen LogP contribution is -2.03. The zero-order chi connectivity index (χ0) is 17.3. The molecule has 0 spiro atoms. The largest absolute Gasteiger partial charge is 0.477 e. The predicted molar refractivity (Wildman–Crippen MR) is 95.1 cm³/mol. The number of aromatic nitrogens is 1. The molecule has 6 heteroatoms. The average molecular weight is 343 g/mol. The number of aromatic carboxylic acids is 1. The van der Waals surface area contributed by atoms with E-state index in [9.17, 15) is 9.18 Å². The normalized spacial score (nSPS) is 9.23. The minimum atomic E-state index is -0.969. The average Bonchev–Trinajstić information content (AvgIpc) is 2.88. The third kappa shape index (κ3) is 5.82. The van der Waals surface area contributed by atoms with Crippen molar-refractivity contribution in [2.75, 3.05) is 0 Å². The SMILES string of the molecule is CC.CC.Cc1nc(Cc2ccc(F)c(P)c2)c(C(=O)O)s1. The van der Waals surface area contributed by atoms with E-state index < -0.39 is 5.97 Å². The highest BCUT2D eigenvalue weighted by atomic mass is 32.1. The van der Waals surface area contributed by atoms with Gasteiger partial charge in [0.2, 0.25) is 0 Å². The molecule has 3 nitrogen and oxygen atoms in total. The van der Waals surface area contributed by atoms with Gasteiger partial charge in [-0.2, -0.15) is 0 Å². The Labute approximate surface area is 137 Å². The molecule has 2 aromatic rings. The number of thiazole rings is 1. The zero-order valence-corrected chi connectivity index (χ0v) is 15.6. The van der Waals surface area contributed by atoms with Crippen molar-refractivity contribution in [2.45, 2.75) is 41.0 Å². The van der Waals surface area contributed by atoms with Crippen LogP contribution in [0.5, 0.6) is 0 Å². The van der Waals surface area contributed by atoms with Crippen LogP contribution in [0.1, 0.15) is 53.6 Å². The molecule has 1 unspecified atom stereocenters. The monoisotopic (exact) mass is 343 g/mol. The second-order valence-electron chi connectivity index (χ2n) is 3.85. The Hall–Kier alpha value is -1.32. The Morgan fingerprint density at radius 1 is 1.32 bits per heavy atom. The molecule has 0 saturated heterocycles. The highest BCUT2D eigenvalue weighted by molar-refractivity contribution is 7.27. The van der Waals surface area contributed by atoms with Crippen molar-refractivity contribution < 1.29 is 14.3 Å². The maximum atomic E-state index is 13.1. The molecule has 0 fully saturated rings. The van der Waals surface area contributed by atoms with Gasteiger partial charge in [0, 0.05) is 11.7 Å². The summed E-state index contributed by atoms with van der Waals surface area (Å²) < 4.78 is 13.1. The van der Waals surface area contributed by atoms with E-state index in [1.165, 1.54) is 6.07 Å². The van der Waals surface area contributed by atoms with E-state index in [-0.39, 0.29) is 10.7 Å². The number of hydrogen-bond acceptors (Lipinski definition) is 3. The second kappa shape index (κ2) is 10.4. The Morgan fingerprint density at radius 3 is 2.41 bits per heavy atom. The smallest absolute Gasteiger partial charge is 0.347 e. The lowest BCUT2D eigenvalue weighted by atomic mass is 10.1. The molecule has 22 heavy (non-hydrogen) atoms. The minimum Gasteiger partial charge on any atom is -0.477 e. The molecule has 1 aromatic carbocycles. The molecule has 1 atom stereocenters. The molecular weight excluding hydrogens is 320 g/mol. The van der Waals surface area contributed by atoms with Crippen molar-refractivity contribution in [1.29, 1.82) is 0 Å². The first kappa shape index (κ1) is 20.7. The topological polar surface area (TPSA) is 50.2 Å². The van der Waals surface area contributed by atoms with Gasteiger partial charge in [-0.25, -0.2) is 14.2 Å². The van der Waals surface area contributed by atoms with Crippen molar-refractivity contribution in [2.24, 2.45) is 0 Å². The molecule has 1 aromatic heterocycles. The van der Waals surface area contributed by atoms with Gasteiger partial charge in [-0.3, -0.25) is 0 Å². The van der Waals surface area contributed by atoms with Gasteiger partial charge in [0.25, 0.3) is 0 Å². The Bertz CT molecular complexity index is 614. The summed E-state index contributed by atoms with van der Waals surface area (Å²) >= 11 is 1.16. The molecule has 0 aliphatic rings. The number of aryl methyl sites for hydroxylation is 1. The van der Waals surface area contributed by atoms with Gasteiger partial charge in [-0.15, -0.1) is 20.6 Å². The van der Waals surface area contributed by atoms with Crippen LogP contribution in [0.3, 0.4) is 0 Å². The highest BCUT2D eigenvalue weighted by Crippen LogP contribution is 2.21. The molecule has 1 N–H and O–H groups in total. The summed E-state index contributed by atoms with van der Waals surface area (Å²) in [4.78, 5) is 15.5. The molecule has 0 radical (unpaired) electrons. The van der Waals surface area contributed by atoms with Crippen LogP contribution in [-0.2, 0) is 6.42 Å². The first-order chi connectivity index (χ1) is 10.5. The number of benzene rings is 1. The molecule has 0 saturated carbocycles. The zero-order valence-electron chi connectivity index (χ0n) is 13.6. The van der Waals surface area contributed by atoms with E-state index in [2.05, 4.69) is 14.2 Å². The van der Waals surface area contributed by atoms with Crippen LogP contribution in [0.15, 0.2) is 18.2 Å². The summed E-state index contributed by atoms with van der Waals surface area (Å²) in [6, 6.07) is 4.70. The van der Waals surface area contributed by atoms with Crippen LogP contribution in [0, 0.1) is 12.7 Å². The fourth-order valence-electron chi connectivity index (χ4n) is 1.65. The summed E-state index contributed by atoms with van der Waals surface area (Å²) in [7, 11) is 2.31. The van der Waals surface area contributed by atoms with Crippen molar-refractivity contribution >= 4 is 31.9 Å². The highest BCUT2D eigenvalue weighted by Gasteiger charge is 2.16. The number of nitrogens with zero attached hydrogens (tertiary/aromatic N) is 1. The fraction of sp³-hybridized carbons (Fsp3) is 0.375. The van der Waals surface area contributed by atoms with E-state index in [0.29, 0.717) is 17.4 Å². The number of hydrogen-bond donors (Lipinski definition) is 1. The molecule has 0 amide bonds. The number of halogens is 1. The lowest BCUT2D eigenvalue weighted by Gasteiger charge is -2.02. The van der Waals surface area contributed by atoms with E-state index >= 15 is 0 Å². The number of rotatable bonds is 3. The van der Waals surface area contributed by atoms with E-state index in [0.717, 1.165) is 21.9 Å². The lowest BCUT2D eigenvalue weighted by molar-refractivity contribution is 0.0701. The van der Waals surface area contributed by atoms with Gasteiger partial charge in [-0.05, 0) is 24.6 Å². The Kier molecular flexibility index (Phi) is 9.79. The van der Waals surface area contributed by atoms with Crippen molar-refractivity contribution in [3.63, 3.8) is 0 Å². The van der Waals surface area contributed by atoms with Gasteiger partial charge in [0.15, 0.2) is 0 Å². The predicted octanol–water partition coefficient (Wildman–Crippen LogP) is 4.43. The van der Waals surface area contributed by atoms with E-state index in [1.54, 1.807) is 19.1 Å². The van der Waals surface area contributed by atoms with Crippen LogP contribution >= 0.6 is 20.6 Å². The third-order valence-corrected chi connectivity index (χ3v) is 3.87. The molecule has 122 valence electrons. The summed E-state index contributed by atoms with van der Waals surface area (Å²) in [5, 5.41) is 10.2. The van der Waals surface area contributed by atoms with Crippen LogP contribution < -0.4 is 5.30 Å². The standard InChI is InChI=1S/C12H11FNO2PS.2C2H6/c1-6-14-9(11(18-6)12(15)16)4-7-2-3-8(13)10(17)5-7;2*1-2/h2-3,5H,4,17H2,1H3,(H,15,16);2*1-2H3. The van der Waals surface area contributed by atoms with Crippen LogP contribution in [0.2, 0.25) is 0 Å². The fourth-order valence-corrected chi connectivity index (χ4v) is 2.74. The molecule has 0 aliphatic heterocycles. The number of carbonyl (C=O) groups is 1. The quantitative estimate of drug-likeness (QED) is 0.839. The molecular formula is C16H23FNO2PS. The first-order valence-corrected chi connectivity index (χ1v) is 8.60. The van der Waals surface area contributed by atoms with Gasteiger partial charge in [0.05, 0.1) is 10.7 Å². The summed E-state index contributed by atoms with van der Waals surface area (Å²) in [5.74, 6) is -1.26. The number of carboxylic acid groups (broad SMARTS) is 1. The molecule has 0 bridgehead atoms. The minimum absolute atomic E-state index is 0.252. The van der Waals surface area contributed by atoms with Crippen LogP contribution in [-0.4, -0.2) is 16.1 Å². The number of carboxylic acids is 1. The van der Waals surface area contributed by atoms with Gasteiger partial charge < -0.3 is 5.11 Å². The third-order valence-electron chi connectivity index (χ3n) is 2.43. The van der Waals surface area contributed by atoms with Gasteiger partial charge in [0.1, 0.15) is 10.7 Å². The van der Waals surface area contributed by atoms with Crippen LogP contribution in [0.4, 0.5) is 4.39 Å². The van der Waals surface area contributed by atoms with Crippen molar-refractivity contribution in [3.05, 3.63) is 45.2 Å². The van der Waals surface area contributed by atoms with E-state index in [4.69, 9.17) is 5.11 Å². The van der Waals surface area contributed by atoms with Gasteiger partial charge >= 0.3 is 5.97 Å². The summed E-state index contributed by atoms with van der Waals surface area (Å²) in [6.45, 7) is 9.77. The first-order valence-electron chi connectivity index (χ1n) is 7.21. The van der Waals surface area contributed by atoms with Crippen LogP contribution in [0.25, 0.3) is 0 Å². The summed E-state index contributed by atoms with van der Waals surface area (Å²) in [6.07, 6.45) is 0.396. The second-order valence-corrected chi connectivity index (χ2v) is 5.67. The van der Waals surface area contributed by atoms with E-state index in [1.807, 2.05) is 27.7 Å². The van der Waals surface area contributed by atoms with Crippen molar-refractivity contribution in [1.82, 2.24) is 4.98 Å². The maximum Gasteiger partial charge on any atom is 0.347 e.